The second-order valence-electron chi connectivity index (χ2n) is 8.45. The van der Waals surface area contributed by atoms with Gasteiger partial charge in [0, 0.05) is 28.8 Å². The molecule has 0 spiro atoms. The summed E-state index contributed by atoms with van der Waals surface area (Å²) in [5, 5.41) is 0.887. The van der Waals surface area contributed by atoms with Gasteiger partial charge in [0.15, 0.2) is 5.78 Å². The minimum atomic E-state index is -0.204. The van der Waals surface area contributed by atoms with Crippen LogP contribution >= 0.6 is 11.3 Å². The normalized spacial score (nSPS) is 14.2. The van der Waals surface area contributed by atoms with E-state index in [9.17, 15) is 9.59 Å². The van der Waals surface area contributed by atoms with Crippen LogP contribution in [-0.2, 0) is 28.9 Å². The lowest BCUT2D eigenvalue weighted by atomic mass is 9.92. The molecule has 2 heterocycles. The molecule has 32 heavy (non-hydrogen) atoms. The standard InChI is InChI=1S/C27H28N2O2S/c1-4-22(30)13-25-24(18-9-10-18)12-21(15-28-25)20-8-6-7-19(11-20)17(3)26(31)14-27-29-16-23(5-2)32-27/h4,6-8,11-12,15-18H,1,5,9-10,13-14H2,2-3H3/t17-/m0/s1. The maximum atomic E-state index is 12.9. The SMILES string of the molecule is C=CC(=O)Cc1ncc(-c2cccc([C@H](C)C(=O)Cc3ncc(CC)s3)c2)cc1C1CC1. The molecular formula is C27H28N2O2S. The summed E-state index contributed by atoms with van der Waals surface area (Å²) in [7, 11) is 0. The van der Waals surface area contributed by atoms with Crippen molar-refractivity contribution in [2.24, 2.45) is 0 Å². The van der Waals surface area contributed by atoms with E-state index in [2.05, 4.69) is 41.7 Å². The summed E-state index contributed by atoms with van der Waals surface area (Å²) in [5.41, 5.74) is 5.09. The Balaban J connectivity index is 1.55. The lowest BCUT2D eigenvalue weighted by Gasteiger charge is -2.13. The van der Waals surface area contributed by atoms with E-state index in [0.29, 0.717) is 18.8 Å². The minimum absolute atomic E-state index is 0.00669. The van der Waals surface area contributed by atoms with Crippen LogP contribution in [-0.4, -0.2) is 21.5 Å². The molecular weight excluding hydrogens is 416 g/mol. The van der Waals surface area contributed by atoms with Gasteiger partial charge in [0.05, 0.1) is 18.5 Å². The second-order valence-corrected chi connectivity index (χ2v) is 9.65. The number of carbonyl (C=O) groups excluding carboxylic acids is 2. The second kappa shape index (κ2) is 9.70. The molecule has 0 radical (unpaired) electrons. The Labute approximate surface area is 193 Å². The Bertz CT molecular complexity index is 1160. The molecule has 5 heteroatoms. The molecule has 1 aliphatic carbocycles. The lowest BCUT2D eigenvalue weighted by Crippen LogP contribution is -2.12. The number of allylic oxidation sites excluding steroid dienone is 1. The monoisotopic (exact) mass is 444 g/mol. The number of aromatic nitrogens is 2. The topological polar surface area (TPSA) is 59.9 Å². The number of ketones is 2. The van der Waals surface area contributed by atoms with Crippen LogP contribution in [0, 0.1) is 0 Å². The first kappa shape index (κ1) is 22.3. The van der Waals surface area contributed by atoms with E-state index in [4.69, 9.17) is 0 Å². The van der Waals surface area contributed by atoms with Gasteiger partial charge in [0.1, 0.15) is 10.8 Å². The van der Waals surface area contributed by atoms with Gasteiger partial charge in [-0.25, -0.2) is 4.98 Å². The molecule has 1 aromatic carbocycles. The maximum Gasteiger partial charge on any atom is 0.161 e. The number of carbonyl (C=O) groups is 2. The minimum Gasteiger partial charge on any atom is -0.299 e. The Hall–Kier alpha value is -2.92. The molecule has 164 valence electrons. The summed E-state index contributed by atoms with van der Waals surface area (Å²) < 4.78 is 0. The predicted molar refractivity (Wildman–Crippen MR) is 129 cm³/mol. The quantitative estimate of drug-likeness (QED) is 0.368. The number of hydrogen-bond acceptors (Lipinski definition) is 5. The zero-order chi connectivity index (χ0) is 22.7. The molecule has 1 atom stereocenters. The fourth-order valence-electron chi connectivity index (χ4n) is 3.87. The highest BCUT2D eigenvalue weighted by molar-refractivity contribution is 7.11. The van der Waals surface area contributed by atoms with Crippen molar-refractivity contribution in [1.29, 1.82) is 0 Å². The molecule has 0 bridgehead atoms. The number of nitrogens with zero attached hydrogens (tertiary/aromatic N) is 2. The van der Waals surface area contributed by atoms with E-state index < -0.39 is 0 Å². The molecule has 0 aliphatic heterocycles. The average molecular weight is 445 g/mol. The summed E-state index contributed by atoms with van der Waals surface area (Å²) in [6, 6.07) is 10.3. The molecule has 0 amide bonds. The summed E-state index contributed by atoms with van der Waals surface area (Å²) in [4.78, 5) is 35.0. The first-order chi connectivity index (χ1) is 15.5. The van der Waals surface area contributed by atoms with Gasteiger partial charge in [-0.3, -0.25) is 14.6 Å². The molecule has 3 aromatic rings. The van der Waals surface area contributed by atoms with Gasteiger partial charge in [-0.15, -0.1) is 11.3 Å². The van der Waals surface area contributed by atoms with Crippen LogP contribution in [0.15, 0.2) is 55.4 Å². The van der Waals surface area contributed by atoms with Crippen LogP contribution in [0.2, 0.25) is 0 Å². The number of pyridine rings is 1. The molecule has 1 fully saturated rings. The third kappa shape index (κ3) is 5.10. The maximum absolute atomic E-state index is 12.9. The van der Waals surface area contributed by atoms with Gasteiger partial charge in [0.2, 0.25) is 0 Å². The van der Waals surface area contributed by atoms with Crippen LogP contribution < -0.4 is 0 Å². The molecule has 0 N–H and O–H groups in total. The highest BCUT2D eigenvalue weighted by Crippen LogP contribution is 2.42. The van der Waals surface area contributed by atoms with E-state index in [1.54, 1.807) is 11.3 Å². The van der Waals surface area contributed by atoms with Gasteiger partial charge >= 0.3 is 0 Å². The summed E-state index contributed by atoms with van der Waals surface area (Å²) in [5.74, 6) is 0.455. The number of thiazole rings is 1. The fourth-order valence-corrected chi connectivity index (χ4v) is 4.74. The number of Topliss-reactive ketones (excluding diaryl/α,β-unsaturated/α-hetero) is 1. The van der Waals surface area contributed by atoms with Crippen molar-refractivity contribution >= 4 is 22.9 Å². The van der Waals surface area contributed by atoms with E-state index in [1.807, 2.05) is 31.5 Å². The van der Waals surface area contributed by atoms with Crippen molar-refractivity contribution in [3.63, 3.8) is 0 Å². The van der Waals surface area contributed by atoms with E-state index >= 15 is 0 Å². The van der Waals surface area contributed by atoms with E-state index in [0.717, 1.165) is 46.7 Å². The molecule has 4 nitrogen and oxygen atoms in total. The molecule has 0 saturated heterocycles. The Morgan fingerprint density at radius 2 is 1.97 bits per heavy atom. The van der Waals surface area contributed by atoms with Gasteiger partial charge in [-0.1, -0.05) is 44.7 Å². The lowest BCUT2D eigenvalue weighted by molar-refractivity contribution is -0.119. The van der Waals surface area contributed by atoms with Gasteiger partial charge < -0.3 is 0 Å². The van der Waals surface area contributed by atoms with Crippen molar-refractivity contribution in [2.75, 3.05) is 0 Å². The van der Waals surface area contributed by atoms with Gasteiger partial charge in [-0.05, 0) is 54.0 Å². The smallest absolute Gasteiger partial charge is 0.161 e. The number of rotatable bonds is 10. The summed E-state index contributed by atoms with van der Waals surface area (Å²) in [6.07, 6.45) is 8.97. The van der Waals surface area contributed by atoms with Crippen LogP contribution in [0.5, 0.6) is 0 Å². The van der Waals surface area contributed by atoms with Crippen LogP contribution in [0.3, 0.4) is 0 Å². The fraction of sp³-hybridized carbons (Fsp3) is 0.333. The van der Waals surface area contributed by atoms with Crippen LogP contribution in [0.25, 0.3) is 11.1 Å². The Morgan fingerprint density at radius 1 is 1.16 bits per heavy atom. The molecule has 1 saturated carbocycles. The predicted octanol–water partition coefficient (Wildman–Crippen LogP) is 5.86. The van der Waals surface area contributed by atoms with Crippen molar-refractivity contribution in [3.8, 4) is 11.1 Å². The zero-order valence-electron chi connectivity index (χ0n) is 18.6. The van der Waals surface area contributed by atoms with Gasteiger partial charge in [0.25, 0.3) is 0 Å². The highest BCUT2D eigenvalue weighted by atomic mass is 32.1. The average Bonchev–Trinajstić information content (AvgIpc) is 3.57. The molecule has 4 rings (SSSR count). The largest absolute Gasteiger partial charge is 0.299 e. The number of hydrogen-bond donors (Lipinski definition) is 0. The first-order valence-corrected chi connectivity index (χ1v) is 12.0. The zero-order valence-corrected chi connectivity index (χ0v) is 19.5. The van der Waals surface area contributed by atoms with Crippen molar-refractivity contribution in [2.45, 2.75) is 57.8 Å². The van der Waals surface area contributed by atoms with Crippen molar-refractivity contribution in [1.82, 2.24) is 9.97 Å². The number of benzene rings is 1. The first-order valence-electron chi connectivity index (χ1n) is 11.2. The van der Waals surface area contributed by atoms with Crippen molar-refractivity contribution in [3.05, 3.63) is 82.1 Å². The van der Waals surface area contributed by atoms with Crippen LogP contribution in [0.1, 0.15) is 65.2 Å². The summed E-state index contributed by atoms with van der Waals surface area (Å²) >= 11 is 1.62. The van der Waals surface area contributed by atoms with Crippen LogP contribution in [0.4, 0.5) is 0 Å². The van der Waals surface area contributed by atoms with Crippen molar-refractivity contribution < 1.29 is 9.59 Å². The third-order valence-electron chi connectivity index (χ3n) is 6.07. The molecule has 0 unspecified atom stereocenters. The Kier molecular flexibility index (Phi) is 6.75. The van der Waals surface area contributed by atoms with E-state index in [-0.39, 0.29) is 17.5 Å². The van der Waals surface area contributed by atoms with E-state index in [1.165, 1.54) is 16.5 Å². The Morgan fingerprint density at radius 3 is 2.66 bits per heavy atom. The highest BCUT2D eigenvalue weighted by Gasteiger charge is 2.27. The molecule has 2 aromatic heterocycles. The number of aryl methyl sites for hydroxylation is 1. The summed E-state index contributed by atoms with van der Waals surface area (Å²) in [6.45, 7) is 7.64. The van der Waals surface area contributed by atoms with Gasteiger partial charge in [-0.2, -0.15) is 0 Å². The molecule has 1 aliphatic rings. The third-order valence-corrected chi connectivity index (χ3v) is 7.21.